The molecule has 1 N–H and O–H groups in total. The molecule has 1 aromatic rings. The van der Waals surface area contributed by atoms with Gasteiger partial charge in [0.05, 0.1) is 9.38 Å². The first-order valence-corrected chi connectivity index (χ1v) is 7.87. The number of halogens is 1. The molecule has 1 fully saturated rings. The summed E-state index contributed by atoms with van der Waals surface area (Å²) in [5.74, 6) is -0.101. The van der Waals surface area contributed by atoms with Crippen LogP contribution in [0.2, 0.25) is 0 Å². The van der Waals surface area contributed by atoms with Crippen molar-refractivity contribution in [2.75, 3.05) is 6.54 Å². The number of benzene rings is 1. The van der Waals surface area contributed by atoms with Gasteiger partial charge >= 0.3 is 0 Å². The second-order valence-electron chi connectivity index (χ2n) is 4.40. The standard InChI is InChI=1S/C14H14BrNO3S/c1-2-3-6-16-13(18)12(20-14(16)19)8-9-4-5-11(17)10(15)7-9/h4-5,7-8,17H,2-3,6H2,1H3/b12-8+. The number of amides is 2. The van der Waals surface area contributed by atoms with Gasteiger partial charge in [0, 0.05) is 6.54 Å². The van der Waals surface area contributed by atoms with Crippen molar-refractivity contribution < 1.29 is 14.7 Å². The highest BCUT2D eigenvalue weighted by Gasteiger charge is 2.34. The molecule has 4 nitrogen and oxygen atoms in total. The maximum atomic E-state index is 12.1. The van der Waals surface area contributed by atoms with Gasteiger partial charge in [-0.1, -0.05) is 19.4 Å². The van der Waals surface area contributed by atoms with Gasteiger partial charge in [-0.25, -0.2) is 0 Å². The zero-order valence-electron chi connectivity index (χ0n) is 10.9. The van der Waals surface area contributed by atoms with Gasteiger partial charge in [-0.3, -0.25) is 14.5 Å². The molecule has 1 saturated heterocycles. The fourth-order valence-corrected chi connectivity index (χ4v) is 3.03. The molecule has 1 aliphatic rings. The summed E-state index contributed by atoms with van der Waals surface area (Å²) in [5.41, 5.74) is 0.760. The number of phenolic OH excluding ortho intramolecular Hbond substituents is 1. The highest BCUT2D eigenvalue weighted by molar-refractivity contribution is 9.10. The molecule has 0 saturated carbocycles. The minimum absolute atomic E-state index is 0.137. The molecule has 0 unspecified atom stereocenters. The number of phenols is 1. The maximum absolute atomic E-state index is 12.1. The van der Waals surface area contributed by atoms with Crippen LogP contribution in [-0.4, -0.2) is 27.7 Å². The highest BCUT2D eigenvalue weighted by atomic mass is 79.9. The smallest absolute Gasteiger partial charge is 0.293 e. The zero-order valence-corrected chi connectivity index (χ0v) is 13.3. The molecular formula is C14H14BrNO3S. The average Bonchev–Trinajstić information content (AvgIpc) is 2.67. The Morgan fingerprint density at radius 3 is 2.80 bits per heavy atom. The number of unbranched alkanes of at least 4 members (excludes halogenated alkanes) is 1. The van der Waals surface area contributed by atoms with E-state index in [1.54, 1.807) is 18.2 Å². The topological polar surface area (TPSA) is 57.6 Å². The third-order valence-electron chi connectivity index (χ3n) is 2.88. The van der Waals surface area contributed by atoms with Crippen LogP contribution in [0.1, 0.15) is 25.3 Å². The predicted octanol–water partition coefficient (Wildman–Crippen LogP) is 3.99. The van der Waals surface area contributed by atoms with E-state index in [1.807, 2.05) is 6.92 Å². The van der Waals surface area contributed by atoms with Crippen LogP contribution >= 0.6 is 27.7 Å². The van der Waals surface area contributed by atoms with Gasteiger partial charge in [0.1, 0.15) is 5.75 Å². The summed E-state index contributed by atoms with van der Waals surface area (Å²) in [7, 11) is 0. The zero-order chi connectivity index (χ0) is 14.7. The molecule has 0 aliphatic carbocycles. The van der Waals surface area contributed by atoms with Crippen LogP contribution in [0.5, 0.6) is 5.75 Å². The molecule has 0 bridgehead atoms. The Kier molecular flexibility index (Phi) is 4.88. The van der Waals surface area contributed by atoms with E-state index in [1.165, 1.54) is 11.0 Å². The fourth-order valence-electron chi connectivity index (χ4n) is 1.77. The summed E-state index contributed by atoms with van der Waals surface area (Å²) in [5, 5.41) is 9.22. The summed E-state index contributed by atoms with van der Waals surface area (Å²) in [6.07, 6.45) is 3.42. The molecule has 6 heteroatoms. The Balaban J connectivity index is 2.20. The third kappa shape index (κ3) is 3.24. The van der Waals surface area contributed by atoms with Gasteiger partial charge in [-0.15, -0.1) is 0 Å². The van der Waals surface area contributed by atoms with Crippen LogP contribution < -0.4 is 0 Å². The van der Waals surface area contributed by atoms with Crippen molar-refractivity contribution in [3.8, 4) is 5.75 Å². The van der Waals surface area contributed by atoms with Crippen molar-refractivity contribution in [2.45, 2.75) is 19.8 Å². The van der Waals surface area contributed by atoms with Crippen LogP contribution in [0.3, 0.4) is 0 Å². The lowest BCUT2D eigenvalue weighted by atomic mass is 10.2. The molecule has 2 rings (SSSR count). The first-order chi connectivity index (χ1) is 9.52. The monoisotopic (exact) mass is 355 g/mol. The average molecular weight is 356 g/mol. The number of hydrogen-bond donors (Lipinski definition) is 1. The van der Waals surface area contributed by atoms with Crippen molar-refractivity contribution >= 4 is 44.9 Å². The molecule has 1 aromatic carbocycles. The first-order valence-electron chi connectivity index (χ1n) is 6.27. The molecule has 2 amide bonds. The minimum atomic E-state index is -0.238. The second-order valence-corrected chi connectivity index (χ2v) is 6.25. The van der Waals surface area contributed by atoms with Gasteiger partial charge in [0.25, 0.3) is 11.1 Å². The highest BCUT2D eigenvalue weighted by Crippen LogP contribution is 2.33. The lowest BCUT2D eigenvalue weighted by Gasteiger charge is -2.10. The number of carbonyl (C=O) groups excluding carboxylic acids is 2. The Morgan fingerprint density at radius 1 is 1.40 bits per heavy atom. The summed E-state index contributed by atoms with van der Waals surface area (Å²) in [6.45, 7) is 2.49. The lowest BCUT2D eigenvalue weighted by Crippen LogP contribution is -2.29. The van der Waals surface area contributed by atoms with E-state index in [-0.39, 0.29) is 16.9 Å². The van der Waals surface area contributed by atoms with Gasteiger partial charge in [-0.2, -0.15) is 0 Å². The molecule has 1 aliphatic heterocycles. The quantitative estimate of drug-likeness (QED) is 0.829. The number of nitrogens with zero attached hydrogens (tertiary/aromatic N) is 1. The Labute approximate surface area is 130 Å². The number of rotatable bonds is 4. The number of hydrogen-bond acceptors (Lipinski definition) is 4. The van der Waals surface area contributed by atoms with E-state index in [2.05, 4.69) is 15.9 Å². The van der Waals surface area contributed by atoms with Crippen LogP contribution in [-0.2, 0) is 4.79 Å². The number of thioether (sulfide) groups is 1. The minimum Gasteiger partial charge on any atom is -0.507 e. The summed E-state index contributed by atoms with van der Waals surface area (Å²) < 4.78 is 0.552. The van der Waals surface area contributed by atoms with Crippen LogP contribution in [0.25, 0.3) is 6.08 Å². The van der Waals surface area contributed by atoms with Crippen molar-refractivity contribution in [3.05, 3.63) is 33.1 Å². The number of imide groups is 1. The van der Waals surface area contributed by atoms with Crippen LogP contribution in [0, 0.1) is 0 Å². The van der Waals surface area contributed by atoms with E-state index in [0.717, 1.165) is 30.2 Å². The molecule has 106 valence electrons. The van der Waals surface area contributed by atoms with E-state index in [0.29, 0.717) is 15.9 Å². The van der Waals surface area contributed by atoms with Crippen molar-refractivity contribution in [1.29, 1.82) is 0 Å². The van der Waals surface area contributed by atoms with Crippen molar-refractivity contribution in [1.82, 2.24) is 4.90 Å². The third-order valence-corrected chi connectivity index (χ3v) is 4.42. The molecule has 0 atom stereocenters. The van der Waals surface area contributed by atoms with E-state index in [4.69, 9.17) is 0 Å². The van der Waals surface area contributed by atoms with Gasteiger partial charge in [0.2, 0.25) is 0 Å². The molecule has 20 heavy (non-hydrogen) atoms. The summed E-state index contributed by atoms with van der Waals surface area (Å²) in [6, 6.07) is 4.94. The normalized spacial score (nSPS) is 17.3. The lowest BCUT2D eigenvalue weighted by molar-refractivity contribution is -0.122. The molecule has 0 aromatic heterocycles. The molecule has 0 radical (unpaired) electrons. The van der Waals surface area contributed by atoms with Gasteiger partial charge in [-0.05, 0) is 57.9 Å². The molecule has 0 spiro atoms. The van der Waals surface area contributed by atoms with E-state index < -0.39 is 0 Å². The summed E-state index contributed by atoms with van der Waals surface area (Å²) >= 11 is 4.18. The Morgan fingerprint density at radius 2 is 2.15 bits per heavy atom. The largest absolute Gasteiger partial charge is 0.507 e. The Hall–Kier alpha value is -1.27. The molecule has 1 heterocycles. The second kappa shape index (κ2) is 6.45. The fraction of sp³-hybridized carbons (Fsp3) is 0.286. The predicted molar refractivity (Wildman–Crippen MR) is 83.4 cm³/mol. The van der Waals surface area contributed by atoms with Gasteiger partial charge < -0.3 is 5.11 Å². The van der Waals surface area contributed by atoms with E-state index in [9.17, 15) is 14.7 Å². The van der Waals surface area contributed by atoms with E-state index >= 15 is 0 Å². The number of aromatic hydroxyl groups is 1. The first kappa shape index (κ1) is 15.1. The maximum Gasteiger partial charge on any atom is 0.293 e. The summed E-state index contributed by atoms with van der Waals surface area (Å²) in [4.78, 5) is 25.6. The van der Waals surface area contributed by atoms with Crippen molar-refractivity contribution in [3.63, 3.8) is 0 Å². The molecular weight excluding hydrogens is 342 g/mol. The van der Waals surface area contributed by atoms with Crippen LogP contribution in [0.4, 0.5) is 4.79 Å². The number of carbonyl (C=O) groups is 2. The van der Waals surface area contributed by atoms with Crippen molar-refractivity contribution in [2.24, 2.45) is 0 Å². The van der Waals surface area contributed by atoms with Gasteiger partial charge in [0.15, 0.2) is 0 Å². The van der Waals surface area contributed by atoms with Crippen LogP contribution in [0.15, 0.2) is 27.6 Å². The SMILES string of the molecule is CCCCN1C(=O)S/C(=C/c2ccc(O)c(Br)c2)C1=O. The Bertz CT molecular complexity index is 586.